The van der Waals surface area contributed by atoms with Crippen molar-refractivity contribution < 1.29 is 9.84 Å². The summed E-state index contributed by atoms with van der Waals surface area (Å²) < 4.78 is 5.04. The normalized spacial score (nSPS) is 10.8. The molecule has 0 fully saturated rings. The highest BCUT2D eigenvalue weighted by Crippen LogP contribution is 2.24. The molecule has 1 aromatic carbocycles. The number of hydrogen-bond donors (Lipinski definition) is 2. The van der Waals surface area contributed by atoms with Gasteiger partial charge in [-0.05, 0) is 23.8 Å². The number of nitrogens with zero attached hydrogens (tertiary/aromatic N) is 2. The number of aliphatic hydroxyl groups excluding tert-OH is 1. The number of aromatic amines is 1. The van der Waals surface area contributed by atoms with Gasteiger partial charge < -0.3 is 14.8 Å². The molecule has 96 valence electrons. The van der Waals surface area contributed by atoms with Gasteiger partial charge in [-0.2, -0.15) is 0 Å². The molecule has 0 spiro atoms. The molecule has 0 aliphatic heterocycles. The fourth-order valence-electron chi connectivity index (χ4n) is 1.99. The van der Waals surface area contributed by atoms with Crippen molar-refractivity contribution in [3.8, 4) is 17.0 Å². The number of benzene rings is 1. The third-order valence-electron chi connectivity index (χ3n) is 2.96. The number of hydrogen-bond acceptors (Lipinski definition) is 4. The fourth-order valence-corrected chi connectivity index (χ4v) is 1.99. The molecular weight excluding hydrogens is 242 g/mol. The van der Waals surface area contributed by atoms with Crippen molar-refractivity contribution in [2.45, 2.75) is 6.61 Å². The van der Waals surface area contributed by atoms with Crippen LogP contribution in [0.25, 0.3) is 22.2 Å². The number of rotatable bonds is 3. The molecule has 0 bridgehead atoms. The second-order valence-corrected chi connectivity index (χ2v) is 4.16. The van der Waals surface area contributed by atoms with Gasteiger partial charge >= 0.3 is 0 Å². The first kappa shape index (κ1) is 11.7. The van der Waals surface area contributed by atoms with Gasteiger partial charge in [0.05, 0.1) is 18.1 Å². The van der Waals surface area contributed by atoms with Crippen LogP contribution < -0.4 is 4.74 Å². The van der Waals surface area contributed by atoms with E-state index in [0.29, 0.717) is 11.7 Å². The number of H-pyrrole nitrogens is 1. The molecule has 0 saturated carbocycles. The smallest absolute Gasteiger partial charge is 0.212 e. The van der Waals surface area contributed by atoms with Gasteiger partial charge in [-0.3, -0.25) is 0 Å². The number of ether oxygens (including phenoxy) is 1. The number of imidazole rings is 1. The second-order valence-electron chi connectivity index (χ2n) is 4.16. The van der Waals surface area contributed by atoms with Gasteiger partial charge in [0.25, 0.3) is 0 Å². The third kappa shape index (κ3) is 2.15. The molecule has 2 heterocycles. The minimum atomic E-state index is -0.0892. The largest absolute Gasteiger partial charge is 0.481 e. The number of nitrogens with one attached hydrogen (secondary N) is 1. The molecule has 0 atom stereocenters. The van der Waals surface area contributed by atoms with Gasteiger partial charge in [-0.15, -0.1) is 0 Å². The SMILES string of the molecule is COc1ccc(-c2ccc3nc(CO)[nH]c3c2)cn1. The zero-order valence-electron chi connectivity index (χ0n) is 10.4. The van der Waals surface area contributed by atoms with Gasteiger partial charge in [0.2, 0.25) is 5.88 Å². The Morgan fingerprint density at radius 2 is 2.05 bits per heavy atom. The van der Waals surface area contributed by atoms with Crippen molar-refractivity contribution in [2.75, 3.05) is 7.11 Å². The van der Waals surface area contributed by atoms with E-state index in [-0.39, 0.29) is 6.61 Å². The topological polar surface area (TPSA) is 71.0 Å². The lowest BCUT2D eigenvalue weighted by atomic mass is 10.1. The lowest BCUT2D eigenvalue weighted by molar-refractivity contribution is 0.273. The highest BCUT2D eigenvalue weighted by molar-refractivity contribution is 5.81. The Balaban J connectivity index is 2.03. The minimum Gasteiger partial charge on any atom is -0.481 e. The summed E-state index contributed by atoms with van der Waals surface area (Å²) in [4.78, 5) is 11.5. The minimum absolute atomic E-state index is 0.0892. The average molecular weight is 255 g/mol. The van der Waals surface area contributed by atoms with Crippen LogP contribution in [0.1, 0.15) is 5.82 Å². The summed E-state index contributed by atoms with van der Waals surface area (Å²) in [5.74, 6) is 1.16. The number of aromatic nitrogens is 3. The first-order valence-electron chi connectivity index (χ1n) is 5.90. The maximum absolute atomic E-state index is 9.07. The number of aliphatic hydroxyl groups is 1. The van der Waals surface area contributed by atoms with Crippen molar-refractivity contribution in [3.05, 3.63) is 42.4 Å². The molecule has 19 heavy (non-hydrogen) atoms. The van der Waals surface area contributed by atoms with Crippen LogP contribution in [0.4, 0.5) is 0 Å². The molecule has 2 aromatic heterocycles. The molecule has 5 nitrogen and oxygen atoms in total. The Hall–Kier alpha value is -2.40. The van der Waals surface area contributed by atoms with Crippen LogP contribution in [-0.4, -0.2) is 27.2 Å². The van der Waals surface area contributed by atoms with Crippen molar-refractivity contribution in [3.63, 3.8) is 0 Å². The van der Waals surface area contributed by atoms with E-state index in [0.717, 1.165) is 22.2 Å². The molecule has 2 N–H and O–H groups in total. The van der Waals surface area contributed by atoms with Crippen LogP contribution in [0.15, 0.2) is 36.5 Å². The van der Waals surface area contributed by atoms with E-state index >= 15 is 0 Å². The third-order valence-corrected chi connectivity index (χ3v) is 2.96. The fraction of sp³-hybridized carbons (Fsp3) is 0.143. The van der Waals surface area contributed by atoms with Crippen molar-refractivity contribution in [2.24, 2.45) is 0 Å². The van der Waals surface area contributed by atoms with E-state index in [9.17, 15) is 0 Å². The zero-order valence-corrected chi connectivity index (χ0v) is 10.4. The summed E-state index contributed by atoms with van der Waals surface area (Å²) in [6.45, 7) is -0.0892. The molecule has 0 aliphatic rings. The monoisotopic (exact) mass is 255 g/mol. The summed E-state index contributed by atoms with van der Waals surface area (Å²) in [5.41, 5.74) is 3.78. The Labute approximate surface area is 109 Å². The van der Waals surface area contributed by atoms with E-state index < -0.39 is 0 Å². The molecule has 0 radical (unpaired) electrons. The second kappa shape index (κ2) is 4.70. The maximum atomic E-state index is 9.07. The van der Waals surface area contributed by atoms with E-state index in [1.165, 1.54) is 0 Å². The quantitative estimate of drug-likeness (QED) is 0.752. The average Bonchev–Trinajstić information content (AvgIpc) is 2.89. The van der Waals surface area contributed by atoms with Crippen LogP contribution in [-0.2, 0) is 6.61 Å². The molecule has 0 amide bonds. The molecule has 0 saturated heterocycles. The van der Waals surface area contributed by atoms with Gasteiger partial charge in [-0.1, -0.05) is 6.07 Å². The van der Waals surface area contributed by atoms with Crippen molar-refractivity contribution >= 4 is 11.0 Å². The molecule has 3 rings (SSSR count). The Morgan fingerprint density at radius 3 is 2.74 bits per heavy atom. The molecule has 5 heteroatoms. The maximum Gasteiger partial charge on any atom is 0.212 e. The number of pyridine rings is 1. The molecular formula is C14H13N3O2. The lowest BCUT2D eigenvalue weighted by Gasteiger charge is -2.02. The summed E-state index contributed by atoms with van der Waals surface area (Å²) in [6.07, 6.45) is 1.77. The Bertz CT molecular complexity index is 704. The van der Waals surface area contributed by atoms with Crippen LogP contribution in [0.5, 0.6) is 5.88 Å². The van der Waals surface area contributed by atoms with Crippen molar-refractivity contribution in [1.29, 1.82) is 0 Å². The number of fused-ring (bicyclic) bond motifs is 1. The first-order chi connectivity index (χ1) is 9.30. The van der Waals surface area contributed by atoms with Crippen LogP contribution in [0.2, 0.25) is 0 Å². The van der Waals surface area contributed by atoms with E-state index in [1.54, 1.807) is 13.3 Å². The molecule has 0 unspecified atom stereocenters. The predicted octanol–water partition coefficient (Wildman–Crippen LogP) is 2.13. The summed E-state index contributed by atoms with van der Waals surface area (Å²) >= 11 is 0. The lowest BCUT2D eigenvalue weighted by Crippen LogP contribution is -1.87. The van der Waals surface area contributed by atoms with Crippen LogP contribution in [0.3, 0.4) is 0 Å². The van der Waals surface area contributed by atoms with Gasteiger partial charge in [0.15, 0.2) is 0 Å². The van der Waals surface area contributed by atoms with E-state index in [1.807, 2.05) is 30.3 Å². The van der Waals surface area contributed by atoms with Gasteiger partial charge in [0.1, 0.15) is 12.4 Å². The predicted molar refractivity (Wildman–Crippen MR) is 71.8 cm³/mol. The summed E-state index contributed by atoms with van der Waals surface area (Å²) in [7, 11) is 1.59. The van der Waals surface area contributed by atoms with Crippen molar-refractivity contribution in [1.82, 2.24) is 15.0 Å². The Morgan fingerprint density at radius 1 is 1.21 bits per heavy atom. The highest BCUT2D eigenvalue weighted by Gasteiger charge is 2.05. The van der Waals surface area contributed by atoms with Gasteiger partial charge in [-0.25, -0.2) is 9.97 Å². The standard InChI is InChI=1S/C14H13N3O2/c1-19-14-5-3-10(7-15-14)9-2-4-11-12(6-9)17-13(8-18)16-11/h2-7,18H,8H2,1H3,(H,16,17). The summed E-state index contributed by atoms with van der Waals surface area (Å²) in [5, 5.41) is 9.07. The molecule has 0 aliphatic carbocycles. The first-order valence-corrected chi connectivity index (χ1v) is 5.90. The summed E-state index contributed by atoms with van der Waals surface area (Å²) in [6, 6.07) is 9.67. The van der Waals surface area contributed by atoms with E-state index in [4.69, 9.17) is 9.84 Å². The molecule has 3 aromatic rings. The van der Waals surface area contributed by atoms with Crippen LogP contribution in [0, 0.1) is 0 Å². The zero-order chi connectivity index (χ0) is 13.2. The van der Waals surface area contributed by atoms with Gasteiger partial charge in [0, 0.05) is 17.8 Å². The Kier molecular flexibility index (Phi) is 2.89. The highest BCUT2D eigenvalue weighted by atomic mass is 16.5. The number of methoxy groups -OCH3 is 1. The van der Waals surface area contributed by atoms with E-state index in [2.05, 4.69) is 15.0 Å². The van der Waals surface area contributed by atoms with Crippen LogP contribution >= 0.6 is 0 Å².